The molecule has 0 saturated heterocycles. The van der Waals surface area contributed by atoms with E-state index in [1.807, 2.05) is 37.3 Å². The van der Waals surface area contributed by atoms with Crippen LogP contribution in [0.5, 0.6) is 11.5 Å². The Morgan fingerprint density at radius 2 is 2.00 bits per heavy atom. The fraction of sp³-hybridized carbons (Fsp3) is 0.143. The van der Waals surface area contributed by atoms with Crippen LogP contribution in [0.1, 0.15) is 18.1 Å². The van der Waals surface area contributed by atoms with Crippen molar-refractivity contribution in [3.63, 3.8) is 0 Å². The first-order valence-corrected chi connectivity index (χ1v) is 9.90. The van der Waals surface area contributed by atoms with Gasteiger partial charge in [-0.25, -0.2) is 9.79 Å². The van der Waals surface area contributed by atoms with Gasteiger partial charge in [-0.1, -0.05) is 18.7 Å². The molecule has 0 atom stereocenters. The van der Waals surface area contributed by atoms with Crippen molar-refractivity contribution in [1.82, 2.24) is 0 Å². The van der Waals surface area contributed by atoms with Gasteiger partial charge in [-0.05, 0) is 80.3 Å². The number of carbonyl (C=O) groups excluding carboxylic acids is 1. The maximum atomic E-state index is 12.3. The van der Waals surface area contributed by atoms with Crippen molar-refractivity contribution >= 4 is 49.8 Å². The number of rotatable bonds is 6. The zero-order valence-corrected chi connectivity index (χ0v) is 18.5. The molecule has 0 spiro atoms. The lowest BCUT2D eigenvalue weighted by molar-refractivity contribution is -0.129. The summed E-state index contributed by atoms with van der Waals surface area (Å²) in [5, 5.41) is 0. The molecule has 0 aliphatic carbocycles. The Balaban J connectivity index is 1.94. The maximum Gasteiger partial charge on any atom is 0.363 e. The molecule has 7 heteroatoms. The Hall–Kier alpha value is -2.38. The van der Waals surface area contributed by atoms with E-state index in [2.05, 4.69) is 43.4 Å². The summed E-state index contributed by atoms with van der Waals surface area (Å²) in [4.78, 5) is 16.6. The predicted molar refractivity (Wildman–Crippen MR) is 116 cm³/mol. The summed E-state index contributed by atoms with van der Waals surface area (Å²) in [6.45, 7) is 6.08. The fourth-order valence-electron chi connectivity index (χ4n) is 2.48. The lowest BCUT2D eigenvalue weighted by Gasteiger charge is -2.13. The van der Waals surface area contributed by atoms with Crippen LogP contribution in [0.3, 0.4) is 0 Å². The smallest absolute Gasteiger partial charge is 0.363 e. The van der Waals surface area contributed by atoms with Crippen molar-refractivity contribution in [3.05, 3.63) is 74.3 Å². The third kappa shape index (κ3) is 4.54. The largest absolute Gasteiger partial charge is 0.493 e. The van der Waals surface area contributed by atoms with Gasteiger partial charge in [-0.3, -0.25) is 0 Å². The van der Waals surface area contributed by atoms with Gasteiger partial charge in [0.05, 0.1) is 17.1 Å². The molecule has 28 heavy (non-hydrogen) atoms. The van der Waals surface area contributed by atoms with Crippen LogP contribution in [0.15, 0.2) is 68.2 Å². The molecule has 144 valence electrons. The molecule has 0 fully saturated rings. The SMILES string of the molecule is C=C(C)COc1c(Br)cc(/C=C2\N=C(c3ccccc3Br)OC2=O)cc1OC. The van der Waals surface area contributed by atoms with Crippen LogP contribution < -0.4 is 9.47 Å². The molecule has 1 heterocycles. The number of carbonyl (C=O) groups is 1. The minimum atomic E-state index is -0.511. The monoisotopic (exact) mass is 505 g/mol. The molecule has 0 aromatic heterocycles. The van der Waals surface area contributed by atoms with Gasteiger partial charge in [-0.15, -0.1) is 0 Å². The standard InChI is InChI=1S/C21H17Br2NO4/c1-12(2)11-27-19-16(23)8-13(10-18(19)26-3)9-17-21(25)28-20(24-17)14-6-4-5-7-15(14)22/h4-10H,1,11H2,2-3H3/b17-9-. The number of ether oxygens (including phenoxy) is 3. The average molecular weight is 507 g/mol. The van der Waals surface area contributed by atoms with E-state index in [1.54, 1.807) is 19.3 Å². The molecule has 1 aliphatic heterocycles. The van der Waals surface area contributed by atoms with Crippen LogP contribution in [0.25, 0.3) is 6.08 Å². The van der Waals surface area contributed by atoms with Crippen LogP contribution in [0.2, 0.25) is 0 Å². The number of esters is 1. The van der Waals surface area contributed by atoms with Gasteiger partial charge in [0.1, 0.15) is 6.61 Å². The summed E-state index contributed by atoms with van der Waals surface area (Å²) in [6, 6.07) is 11.0. The highest BCUT2D eigenvalue weighted by atomic mass is 79.9. The average Bonchev–Trinajstić information content (AvgIpc) is 3.00. The third-order valence-electron chi connectivity index (χ3n) is 3.74. The fourth-order valence-corrected chi connectivity index (χ4v) is 3.50. The van der Waals surface area contributed by atoms with E-state index in [0.717, 1.165) is 15.6 Å². The Kier molecular flexibility index (Phi) is 6.36. The summed E-state index contributed by atoms with van der Waals surface area (Å²) >= 11 is 6.93. The lowest BCUT2D eigenvalue weighted by atomic mass is 10.1. The number of halogens is 2. The number of hydrogen-bond acceptors (Lipinski definition) is 5. The molecule has 0 N–H and O–H groups in total. The van der Waals surface area contributed by atoms with Gasteiger partial charge in [-0.2, -0.15) is 0 Å². The van der Waals surface area contributed by atoms with Gasteiger partial charge in [0.25, 0.3) is 0 Å². The number of methoxy groups -OCH3 is 1. The summed E-state index contributed by atoms with van der Waals surface area (Å²) < 4.78 is 18.0. The van der Waals surface area contributed by atoms with Crippen LogP contribution in [-0.4, -0.2) is 25.6 Å². The van der Waals surface area contributed by atoms with Gasteiger partial charge in [0.2, 0.25) is 5.90 Å². The topological polar surface area (TPSA) is 57.1 Å². The molecular weight excluding hydrogens is 490 g/mol. The van der Waals surface area contributed by atoms with Gasteiger partial charge in [0, 0.05) is 4.47 Å². The second-order valence-corrected chi connectivity index (χ2v) is 7.80. The number of aliphatic imine (C=N–C) groups is 1. The van der Waals surface area contributed by atoms with E-state index in [0.29, 0.717) is 28.1 Å². The van der Waals surface area contributed by atoms with E-state index < -0.39 is 5.97 Å². The maximum absolute atomic E-state index is 12.3. The molecule has 0 unspecified atom stereocenters. The van der Waals surface area contributed by atoms with E-state index in [9.17, 15) is 4.79 Å². The first kappa shape index (κ1) is 20.4. The number of nitrogens with zero attached hydrogens (tertiary/aromatic N) is 1. The van der Waals surface area contributed by atoms with E-state index in [-0.39, 0.29) is 11.6 Å². The molecule has 0 radical (unpaired) electrons. The predicted octanol–water partition coefficient (Wildman–Crippen LogP) is 5.52. The Labute approximate surface area is 180 Å². The van der Waals surface area contributed by atoms with Crippen LogP contribution in [-0.2, 0) is 9.53 Å². The van der Waals surface area contributed by atoms with Crippen LogP contribution in [0.4, 0.5) is 0 Å². The molecule has 3 rings (SSSR count). The van der Waals surface area contributed by atoms with Crippen LogP contribution in [0, 0.1) is 0 Å². The van der Waals surface area contributed by atoms with Crippen molar-refractivity contribution in [2.45, 2.75) is 6.92 Å². The Morgan fingerprint density at radius 1 is 1.25 bits per heavy atom. The Morgan fingerprint density at radius 3 is 2.68 bits per heavy atom. The number of cyclic esters (lactones) is 1. The normalized spacial score (nSPS) is 14.6. The summed E-state index contributed by atoms with van der Waals surface area (Å²) in [5.74, 6) is 0.850. The molecule has 1 aliphatic rings. The van der Waals surface area contributed by atoms with Crippen molar-refractivity contribution in [1.29, 1.82) is 0 Å². The van der Waals surface area contributed by atoms with Crippen molar-refractivity contribution in [2.24, 2.45) is 4.99 Å². The van der Waals surface area contributed by atoms with Crippen molar-refractivity contribution in [3.8, 4) is 11.5 Å². The number of hydrogen-bond donors (Lipinski definition) is 0. The first-order valence-electron chi connectivity index (χ1n) is 8.31. The van der Waals surface area contributed by atoms with Crippen molar-refractivity contribution in [2.75, 3.05) is 13.7 Å². The zero-order valence-electron chi connectivity index (χ0n) is 15.3. The molecule has 5 nitrogen and oxygen atoms in total. The van der Waals surface area contributed by atoms with Gasteiger partial charge >= 0.3 is 5.97 Å². The minimum Gasteiger partial charge on any atom is -0.493 e. The molecule has 0 saturated carbocycles. The van der Waals surface area contributed by atoms with Gasteiger partial charge < -0.3 is 14.2 Å². The quantitative estimate of drug-likeness (QED) is 0.294. The zero-order chi connectivity index (χ0) is 20.3. The first-order chi connectivity index (χ1) is 13.4. The van der Waals surface area contributed by atoms with E-state index in [4.69, 9.17) is 14.2 Å². The third-order valence-corrected chi connectivity index (χ3v) is 5.02. The summed E-state index contributed by atoms with van der Waals surface area (Å²) in [5.41, 5.74) is 2.52. The number of benzene rings is 2. The highest BCUT2D eigenvalue weighted by Gasteiger charge is 2.25. The summed E-state index contributed by atoms with van der Waals surface area (Å²) in [7, 11) is 1.55. The molecule has 0 bridgehead atoms. The van der Waals surface area contributed by atoms with Crippen molar-refractivity contribution < 1.29 is 19.0 Å². The van der Waals surface area contributed by atoms with Crippen LogP contribution >= 0.6 is 31.9 Å². The highest BCUT2D eigenvalue weighted by molar-refractivity contribution is 9.10. The Bertz CT molecular complexity index is 1010. The summed E-state index contributed by atoms with van der Waals surface area (Å²) in [6.07, 6.45) is 1.64. The molecule has 2 aromatic rings. The van der Waals surface area contributed by atoms with E-state index >= 15 is 0 Å². The second kappa shape index (κ2) is 8.75. The molecule has 2 aromatic carbocycles. The minimum absolute atomic E-state index is 0.204. The molecule has 0 amide bonds. The second-order valence-electron chi connectivity index (χ2n) is 6.10. The lowest BCUT2D eigenvalue weighted by Crippen LogP contribution is -2.05. The molecular formula is C21H17Br2NO4. The highest BCUT2D eigenvalue weighted by Crippen LogP contribution is 2.38. The van der Waals surface area contributed by atoms with E-state index in [1.165, 1.54) is 0 Å². The van der Waals surface area contributed by atoms with Gasteiger partial charge in [0.15, 0.2) is 17.2 Å².